The molecule has 3 rings (SSSR count). The lowest BCUT2D eigenvalue weighted by molar-refractivity contribution is 0.00580. The zero-order valence-corrected chi connectivity index (χ0v) is 16.1. The third kappa shape index (κ3) is 4.68. The molecule has 6 nitrogen and oxygen atoms in total. The molecule has 26 heavy (non-hydrogen) atoms. The Kier molecular flexibility index (Phi) is 6.75. The highest BCUT2D eigenvalue weighted by Gasteiger charge is 2.33. The first-order valence-electron chi connectivity index (χ1n) is 9.74. The van der Waals surface area contributed by atoms with Gasteiger partial charge >= 0.3 is 0 Å². The predicted molar refractivity (Wildman–Crippen MR) is 103 cm³/mol. The van der Waals surface area contributed by atoms with Crippen LogP contribution in [0.4, 0.5) is 0 Å². The van der Waals surface area contributed by atoms with Crippen LogP contribution in [0, 0.1) is 0 Å². The van der Waals surface area contributed by atoms with E-state index >= 15 is 0 Å². The number of ether oxygens (including phenoxy) is 1. The lowest BCUT2D eigenvalue weighted by Gasteiger charge is -2.47. The third-order valence-electron chi connectivity index (χ3n) is 5.91. The number of aliphatic hydroxyl groups is 1. The fourth-order valence-corrected chi connectivity index (χ4v) is 4.35. The van der Waals surface area contributed by atoms with Crippen molar-refractivity contribution in [3.63, 3.8) is 0 Å². The van der Waals surface area contributed by atoms with Crippen molar-refractivity contribution < 1.29 is 14.9 Å². The molecule has 0 amide bonds. The summed E-state index contributed by atoms with van der Waals surface area (Å²) in [5, 5.41) is 19.7. The molecule has 2 N–H and O–H groups in total. The van der Waals surface area contributed by atoms with E-state index in [-0.39, 0.29) is 6.61 Å². The van der Waals surface area contributed by atoms with Gasteiger partial charge in [-0.05, 0) is 57.6 Å². The predicted octanol–water partition coefficient (Wildman–Crippen LogP) is 1.36. The minimum absolute atomic E-state index is 0.228. The van der Waals surface area contributed by atoms with Gasteiger partial charge in [0.1, 0.15) is 11.5 Å². The third-order valence-corrected chi connectivity index (χ3v) is 5.91. The highest BCUT2D eigenvalue weighted by atomic mass is 16.5. The van der Waals surface area contributed by atoms with E-state index in [1.807, 2.05) is 6.07 Å². The molecule has 0 radical (unpaired) electrons. The SMILES string of the molecule is COc1ccc(O)c(CN2CCN(C3CCN(C)CC3)C(CCO)C2)c1. The fourth-order valence-electron chi connectivity index (χ4n) is 4.35. The monoisotopic (exact) mass is 363 g/mol. The zero-order chi connectivity index (χ0) is 18.5. The molecule has 0 aromatic heterocycles. The molecular weight excluding hydrogens is 330 g/mol. The maximum atomic E-state index is 10.2. The van der Waals surface area contributed by atoms with Crippen molar-refractivity contribution in [2.75, 3.05) is 53.5 Å². The molecular formula is C20H33N3O3. The molecule has 0 bridgehead atoms. The second kappa shape index (κ2) is 9.04. The Hall–Kier alpha value is -1.34. The summed E-state index contributed by atoms with van der Waals surface area (Å²) >= 11 is 0. The molecule has 1 unspecified atom stereocenters. The second-order valence-corrected chi connectivity index (χ2v) is 7.67. The number of aliphatic hydroxyl groups excluding tert-OH is 1. The van der Waals surface area contributed by atoms with Crippen LogP contribution in [0.15, 0.2) is 18.2 Å². The van der Waals surface area contributed by atoms with Crippen LogP contribution < -0.4 is 4.74 Å². The van der Waals surface area contributed by atoms with Gasteiger partial charge in [0.2, 0.25) is 0 Å². The van der Waals surface area contributed by atoms with Gasteiger partial charge in [-0.3, -0.25) is 9.80 Å². The van der Waals surface area contributed by atoms with Crippen molar-refractivity contribution in [3.05, 3.63) is 23.8 Å². The number of benzene rings is 1. The summed E-state index contributed by atoms with van der Waals surface area (Å²) in [7, 11) is 3.84. The number of piperidine rings is 1. The van der Waals surface area contributed by atoms with E-state index in [4.69, 9.17) is 4.74 Å². The Balaban J connectivity index is 1.64. The van der Waals surface area contributed by atoms with Crippen molar-refractivity contribution in [2.45, 2.75) is 37.9 Å². The van der Waals surface area contributed by atoms with E-state index in [2.05, 4.69) is 21.7 Å². The molecule has 1 aromatic carbocycles. The van der Waals surface area contributed by atoms with Crippen LogP contribution in [-0.4, -0.2) is 90.5 Å². The second-order valence-electron chi connectivity index (χ2n) is 7.67. The minimum Gasteiger partial charge on any atom is -0.508 e. The van der Waals surface area contributed by atoms with Crippen LogP contribution in [0.1, 0.15) is 24.8 Å². The van der Waals surface area contributed by atoms with Gasteiger partial charge in [0.15, 0.2) is 0 Å². The highest BCUT2D eigenvalue weighted by molar-refractivity contribution is 5.39. The van der Waals surface area contributed by atoms with Gasteiger partial charge in [-0.15, -0.1) is 0 Å². The molecule has 2 heterocycles. The maximum absolute atomic E-state index is 10.2. The smallest absolute Gasteiger partial charge is 0.120 e. The van der Waals surface area contributed by atoms with Gasteiger partial charge in [-0.2, -0.15) is 0 Å². The maximum Gasteiger partial charge on any atom is 0.120 e. The Labute approximate surface area is 157 Å². The molecule has 146 valence electrons. The summed E-state index contributed by atoms with van der Waals surface area (Å²) in [5.41, 5.74) is 0.903. The average Bonchev–Trinajstić information content (AvgIpc) is 2.65. The standard InChI is InChI=1S/C20H33N3O3/c1-21-8-5-17(6-9-21)23-11-10-22(15-18(23)7-12-24)14-16-13-19(26-2)3-4-20(16)25/h3-4,13,17-18,24-25H,5-12,14-15H2,1-2H3. The van der Waals surface area contributed by atoms with Gasteiger partial charge in [-0.25, -0.2) is 0 Å². The molecule has 2 aliphatic heterocycles. The summed E-state index contributed by atoms with van der Waals surface area (Å²) in [4.78, 5) is 7.42. The highest BCUT2D eigenvalue weighted by Crippen LogP contribution is 2.27. The van der Waals surface area contributed by atoms with Crippen LogP contribution in [0.5, 0.6) is 11.5 Å². The summed E-state index contributed by atoms with van der Waals surface area (Å²) in [6.45, 7) is 6.22. The first-order valence-corrected chi connectivity index (χ1v) is 9.74. The van der Waals surface area contributed by atoms with Gasteiger partial charge < -0.3 is 19.8 Å². The van der Waals surface area contributed by atoms with Gasteiger partial charge in [-0.1, -0.05) is 0 Å². The fraction of sp³-hybridized carbons (Fsp3) is 0.700. The van der Waals surface area contributed by atoms with Gasteiger partial charge in [0, 0.05) is 50.4 Å². The Bertz CT molecular complexity index is 575. The quantitative estimate of drug-likeness (QED) is 0.796. The Morgan fingerprint density at radius 3 is 2.62 bits per heavy atom. The van der Waals surface area contributed by atoms with E-state index in [9.17, 15) is 10.2 Å². The molecule has 0 spiro atoms. The van der Waals surface area contributed by atoms with Gasteiger partial charge in [0.05, 0.1) is 7.11 Å². The zero-order valence-electron chi connectivity index (χ0n) is 16.1. The number of piperazine rings is 1. The number of phenolic OH excluding ortho intramolecular Hbond substituents is 1. The molecule has 6 heteroatoms. The van der Waals surface area contributed by atoms with Crippen LogP contribution in [0.3, 0.4) is 0 Å². The molecule has 0 aliphatic carbocycles. The topological polar surface area (TPSA) is 59.4 Å². The number of hydrogen-bond acceptors (Lipinski definition) is 6. The molecule has 0 saturated carbocycles. The Morgan fingerprint density at radius 2 is 1.92 bits per heavy atom. The summed E-state index contributed by atoms with van der Waals surface area (Å²) < 4.78 is 5.29. The number of likely N-dealkylation sites (tertiary alicyclic amines) is 1. The average molecular weight is 364 g/mol. The van der Waals surface area contributed by atoms with Crippen molar-refractivity contribution in [2.24, 2.45) is 0 Å². The van der Waals surface area contributed by atoms with E-state index in [0.29, 0.717) is 24.4 Å². The lowest BCUT2D eigenvalue weighted by Crippen LogP contribution is -2.58. The number of hydrogen-bond donors (Lipinski definition) is 2. The van der Waals surface area contributed by atoms with Gasteiger partial charge in [0.25, 0.3) is 0 Å². The molecule has 1 atom stereocenters. The molecule has 1 aromatic rings. The lowest BCUT2D eigenvalue weighted by atomic mass is 9.98. The Morgan fingerprint density at radius 1 is 1.15 bits per heavy atom. The van der Waals surface area contributed by atoms with E-state index in [0.717, 1.165) is 50.5 Å². The number of aromatic hydroxyl groups is 1. The summed E-state index contributed by atoms with van der Waals surface area (Å²) in [6, 6.07) is 6.42. The number of nitrogens with zero attached hydrogens (tertiary/aromatic N) is 3. The number of methoxy groups -OCH3 is 1. The molecule has 2 fully saturated rings. The van der Waals surface area contributed by atoms with Crippen LogP contribution in [-0.2, 0) is 6.54 Å². The minimum atomic E-state index is 0.228. The van der Waals surface area contributed by atoms with E-state index in [1.165, 1.54) is 12.8 Å². The van der Waals surface area contributed by atoms with Crippen molar-refractivity contribution >= 4 is 0 Å². The molecule has 2 saturated heterocycles. The number of rotatable bonds is 6. The van der Waals surface area contributed by atoms with Crippen molar-refractivity contribution in [1.82, 2.24) is 14.7 Å². The normalized spacial score (nSPS) is 24.0. The molecule has 2 aliphatic rings. The van der Waals surface area contributed by atoms with E-state index < -0.39 is 0 Å². The summed E-state index contributed by atoms with van der Waals surface area (Å²) in [6.07, 6.45) is 3.25. The van der Waals surface area contributed by atoms with Crippen molar-refractivity contribution in [1.29, 1.82) is 0 Å². The largest absolute Gasteiger partial charge is 0.508 e. The first-order chi connectivity index (χ1) is 12.6. The van der Waals surface area contributed by atoms with Crippen LogP contribution in [0.2, 0.25) is 0 Å². The van der Waals surface area contributed by atoms with Crippen molar-refractivity contribution in [3.8, 4) is 11.5 Å². The summed E-state index contributed by atoms with van der Waals surface area (Å²) in [5.74, 6) is 1.09. The van der Waals surface area contributed by atoms with E-state index in [1.54, 1.807) is 19.2 Å². The van der Waals surface area contributed by atoms with Crippen LogP contribution >= 0.6 is 0 Å². The number of phenols is 1. The first kappa shape index (κ1) is 19.4. The van der Waals surface area contributed by atoms with Crippen LogP contribution in [0.25, 0.3) is 0 Å².